The highest BCUT2D eigenvalue weighted by molar-refractivity contribution is 5.21. The first-order valence-electron chi connectivity index (χ1n) is 7.32. The summed E-state index contributed by atoms with van der Waals surface area (Å²) in [5.41, 5.74) is 2.34. The van der Waals surface area contributed by atoms with Crippen LogP contribution in [0.5, 0.6) is 6.01 Å². The molecule has 0 saturated carbocycles. The van der Waals surface area contributed by atoms with Crippen LogP contribution in [-0.4, -0.2) is 47.7 Å². The third-order valence-corrected chi connectivity index (χ3v) is 3.88. The van der Waals surface area contributed by atoms with Crippen LogP contribution >= 0.6 is 0 Å². The number of nitrogens with zero attached hydrogens (tertiary/aromatic N) is 3. The van der Waals surface area contributed by atoms with Crippen molar-refractivity contribution in [2.75, 3.05) is 32.8 Å². The molecule has 0 aliphatic carbocycles. The summed E-state index contributed by atoms with van der Waals surface area (Å²) in [4.78, 5) is 11.2. The largest absolute Gasteiger partial charge is 0.462 e. The van der Waals surface area contributed by atoms with Gasteiger partial charge < -0.3 is 10.1 Å². The summed E-state index contributed by atoms with van der Waals surface area (Å²) in [5, 5.41) is 3.32. The smallest absolute Gasteiger partial charge is 0.316 e. The third-order valence-electron chi connectivity index (χ3n) is 3.88. The number of hydrogen-bond donors (Lipinski definition) is 1. The maximum Gasteiger partial charge on any atom is 0.316 e. The van der Waals surface area contributed by atoms with Crippen molar-refractivity contribution in [1.29, 1.82) is 0 Å². The summed E-state index contributed by atoms with van der Waals surface area (Å²) in [6, 6.07) is 0.527. The van der Waals surface area contributed by atoms with Gasteiger partial charge >= 0.3 is 6.01 Å². The molecule has 19 heavy (non-hydrogen) atoms. The van der Waals surface area contributed by atoms with Gasteiger partial charge in [-0.05, 0) is 44.5 Å². The van der Waals surface area contributed by atoms with Crippen LogP contribution in [0, 0.1) is 0 Å². The maximum atomic E-state index is 5.68. The fourth-order valence-corrected chi connectivity index (χ4v) is 2.73. The standard InChI is InChI=1S/C14H22N4O/c1-2-6-18(7-3-1)8-9-19-14-16-10-12-4-5-15-11-13(12)17-14/h10,15H,1-9,11H2. The molecule has 0 bridgehead atoms. The second kappa shape index (κ2) is 6.30. The Labute approximate surface area is 114 Å². The predicted molar refractivity (Wildman–Crippen MR) is 73.2 cm³/mol. The van der Waals surface area contributed by atoms with Gasteiger partial charge in [0.2, 0.25) is 0 Å². The molecule has 0 spiro atoms. The quantitative estimate of drug-likeness (QED) is 0.877. The Morgan fingerprint density at radius 2 is 2.16 bits per heavy atom. The van der Waals surface area contributed by atoms with Crippen LogP contribution in [0.25, 0.3) is 0 Å². The SMILES string of the molecule is c1nc(OCCN2CCCCC2)nc2c1CCNC2. The lowest BCUT2D eigenvalue weighted by Gasteiger charge is -2.26. The monoisotopic (exact) mass is 262 g/mol. The lowest BCUT2D eigenvalue weighted by atomic mass is 10.1. The number of likely N-dealkylation sites (tertiary alicyclic amines) is 1. The first-order valence-corrected chi connectivity index (χ1v) is 7.32. The highest BCUT2D eigenvalue weighted by atomic mass is 16.5. The first-order chi connectivity index (χ1) is 9.42. The summed E-state index contributed by atoms with van der Waals surface area (Å²) in [6.45, 7) is 5.94. The minimum absolute atomic E-state index is 0.527. The Kier molecular flexibility index (Phi) is 4.25. The fraction of sp³-hybridized carbons (Fsp3) is 0.714. The van der Waals surface area contributed by atoms with E-state index in [4.69, 9.17) is 4.74 Å². The van der Waals surface area contributed by atoms with Crippen LogP contribution in [0.15, 0.2) is 6.20 Å². The molecule has 1 saturated heterocycles. The van der Waals surface area contributed by atoms with Gasteiger partial charge in [-0.2, -0.15) is 4.98 Å². The molecular formula is C14H22N4O. The van der Waals surface area contributed by atoms with E-state index in [0.717, 1.165) is 31.7 Å². The summed E-state index contributed by atoms with van der Waals surface area (Å²) in [7, 11) is 0. The molecule has 3 rings (SSSR count). The second-order valence-corrected chi connectivity index (χ2v) is 5.30. The van der Waals surface area contributed by atoms with E-state index < -0.39 is 0 Å². The molecular weight excluding hydrogens is 240 g/mol. The van der Waals surface area contributed by atoms with E-state index >= 15 is 0 Å². The summed E-state index contributed by atoms with van der Waals surface area (Å²) < 4.78 is 5.68. The molecule has 1 N–H and O–H groups in total. The van der Waals surface area contributed by atoms with Gasteiger partial charge in [0, 0.05) is 19.3 Å². The van der Waals surface area contributed by atoms with Gasteiger partial charge in [0.1, 0.15) is 6.61 Å². The van der Waals surface area contributed by atoms with Crippen molar-refractivity contribution in [3.63, 3.8) is 0 Å². The van der Waals surface area contributed by atoms with Gasteiger partial charge in [-0.15, -0.1) is 0 Å². The number of aromatic nitrogens is 2. The lowest BCUT2D eigenvalue weighted by Crippen LogP contribution is -2.33. The number of ether oxygens (including phenoxy) is 1. The van der Waals surface area contributed by atoms with Gasteiger partial charge in [-0.3, -0.25) is 4.90 Å². The Morgan fingerprint density at radius 3 is 3.05 bits per heavy atom. The number of rotatable bonds is 4. The van der Waals surface area contributed by atoms with Crippen molar-refractivity contribution >= 4 is 0 Å². The summed E-state index contributed by atoms with van der Waals surface area (Å²) in [6.07, 6.45) is 6.95. The van der Waals surface area contributed by atoms with Crippen LogP contribution in [0.4, 0.5) is 0 Å². The zero-order valence-corrected chi connectivity index (χ0v) is 11.4. The Morgan fingerprint density at radius 1 is 1.26 bits per heavy atom. The van der Waals surface area contributed by atoms with Crippen LogP contribution in [0.2, 0.25) is 0 Å². The lowest BCUT2D eigenvalue weighted by molar-refractivity contribution is 0.177. The summed E-state index contributed by atoms with van der Waals surface area (Å²) >= 11 is 0. The van der Waals surface area contributed by atoms with Crippen LogP contribution in [-0.2, 0) is 13.0 Å². The van der Waals surface area contributed by atoms with Crippen molar-refractivity contribution in [3.05, 3.63) is 17.5 Å². The average Bonchev–Trinajstić information content (AvgIpc) is 2.48. The molecule has 1 aromatic heterocycles. The topological polar surface area (TPSA) is 50.3 Å². The zero-order valence-electron chi connectivity index (χ0n) is 11.4. The fourth-order valence-electron chi connectivity index (χ4n) is 2.73. The van der Waals surface area contributed by atoms with E-state index in [9.17, 15) is 0 Å². The highest BCUT2D eigenvalue weighted by Crippen LogP contribution is 2.13. The Bertz CT molecular complexity index is 418. The normalized spacial score (nSPS) is 20.0. The average molecular weight is 262 g/mol. The number of piperidine rings is 1. The van der Waals surface area contributed by atoms with E-state index in [1.165, 1.54) is 37.9 Å². The van der Waals surface area contributed by atoms with E-state index in [1.807, 2.05) is 6.20 Å². The van der Waals surface area contributed by atoms with Gasteiger partial charge in [-0.25, -0.2) is 4.98 Å². The van der Waals surface area contributed by atoms with Gasteiger partial charge in [0.15, 0.2) is 0 Å². The zero-order chi connectivity index (χ0) is 12.9. The molecule has 5 heteroatoms. The molecule has 1 fully saturated rings. The van der Waals surface area contributed by atoms with Gasteiger partial charge in [0.25, 0.3) is 0 Å². The highest BCUT2D eigenvalue weighted by Gasteiger charge is 2.13. The number of hydrogen-bond acceptors (Lipinski definition) is 5. The third kappa shape index (κ3) is 3.42. The minimum atomic E-state index is 0.527. The molecule has 3 heterocycles. The maximum absolute atomic E-state index is 5.68. The van der Waals surface area contributed by atoms with E-state index in [-0.39, 0.29) is 0 Å². The van der Waals surface area contributed by atoms with Crippen molar-refractivity contribution < 1.29 is 4.74 Å². The number of fused-ring (bicyclic) bond motifs is 1. The Hall–Kier alpha value is -1.20. The Balaban J connectivity index is 1.49. The van der Waals surface area contributed by atoms with Crippen LogP contribution in [0.3, 0.4) is 0 Å². The van der Waals surface area contributed by atoms with Crippen molar-refractivity contribution in [1.82, 2.24) is 20.2 Å². The van der Waals surface area contributed by atoms with Crippen LogP contribution < -0.4 is 10.1 Å². The van der Waals surface area contributed by atoms with Crippen molar-refractivity contribution in [2.45, 2.75) is 32.2 Å². The molecule has 5 nitrogen and oxygen atoms in total. The predicted octanol–water partition coefficient (Wildman–Crippen LogP) is 0.987. The van der Waals surface area contributed by atoms with Crippen molar-refractivity contribution in [3.8, 4) is 6.01 Å². The van der Waals surface area contributed by atoms with Gasteiger partial charge in [0.05, 0.1) is 5.69 Å². The molecule has 0 radical (unpaired) electrons. The first kappa shape index (κ1) is 12.8. The molecule has 0 aromatic carbocycles. The van der Waals surface area contributed by atoms with E-state index in [2.05, 4.69) is 20.2 Å². The van der Waals surface area contributed by atoms with Gasteiger partial charge in [-0.1, -0.05) is 6.42 Å². The van der Waals surface area contributed by atoms with E-state index in [0.29, 0.717) is 12.6 Å². The number of nitrogens with one attached hydrogen (secondary N) is 1. The van der Waals surface area contributed by atoms with Crippen molar-refractivity contribution in [2.24, 2.45) is 0 Å². The van der Waals surface area contributed by atoms with Crippen LogP contribution in [0.1, 0.15) is 30.5 Å². The molecule has 0 unspecified atom stereocenters. The molecule has 2 aliphatic rings. The molecule has 2 aliphatic heterocycles. The minimum Gasteiger partial charge on any atom is -0.462 e. The van der Waals surface area contributed by atoms with E-state index in [1.54, 1.807) is 0 Å². The molecule has 0 atom stereocenters. The molecule has 1 aromatic rings. The molecule has 104 valence electrons. The molecule has 0 amide bonds. The summed E-state index contributed by atoms with van der Waals surface area (Å²) in [5.74, 6) is 0. The second-order valence-electron chi connectivity index (χ2n) is 5.30.